The predicted octanol–water partition coefficient (Wildman–Crippen LogP) is 2.84. The maximum Gasteiger partial charge on any atom is 0.323 e. The molecule has 2 atom stereocenters. The molecule has 0 radical (unpaired) electrons. The molecule has 0 aromatic heterocycles. The van der Waals surface area contributed by atoms with Crippen LogP contribution in [0.2, 0.25) is 0 Å². The van der Waals surface area contributed by atoms with E-state index in [0.717, 1.165) is 0 Å². The average molecular weight is 313 g/mol. The number of ether oxygens (including phenoxy) is 2. The summed E-state index contributed by atoms with van der Waals surface area (Å²) in [7, 11) is 1.68. The minimum absolute atomic E-state index is 0.312. The Balaban J connectivity index is 4.92. The van der Waals surface area contributed by atoms with E-state index in [4.69, 9.17) is 9.47 Å². The Morgan fingerprint density at radius 1 is 1.05 bits per heavy atom. The second-order valence-electron chi connectivity index (χ2n) is 7.37. The van der Waals surface area contributed by atoms with Crippen LogP contribution in [0.25, 0.3) is 0 Å². The topological polar surface area (TPSA) is 64.6 Å². The first kappa shape index (κ1) is 20.6. The van der Waals surface area contributed by atoms with Gasteiger partial charge in [0.05, 0.1) is 5.92 Å². The van der Waals surface area contributed by atoms with Crippen LogP contribution in [0.1, 0.15) is 54.4 Å². The number of hydrogen-bond acceptors (Lipinski definition) is 5. The number of carbonyl (C=O) groups excluding carboxylic acids is 2. The molecule has 0 aromatic rings. The summed E-state index contributed by atoms with van der Waals surface area (Å²) in [6.45, 7) is 14.6. The number of nitrogens with one attached hydrogen (secondary N) is 1. The molecule has 22 heavy (non-hydrogen) atoms. The molecular weight excluding hydrogens is 282 g/mol. The van der Waals surface area contributed by atoms with Gasteiger partial charge in [0.15, 0.2) is 0 Å². The summed E-state index contributed by atoms with van der Waals surface area (Å²) >= 11 is 0. The van der Waals surface area contributed by atoms with Gasteiger partial charge in [-0.3, -0.25) is 9.59 Å². The van der Waals surface area contributed by atoms with Crippen LogP contribution in [0.3, 0.4) is 0 Å². The highest BCUT2D eigenvalue weighted by Crippen LogP contribution is 2.20. The van der Waals surface area contributed by atoms with Crippen LogP contribution in [-0.2, 0) is 19.1 Å². The minimum Gasteiger partial charge on any atom is -0.460 e. The Labute approximate surface area is 134 Å². The van der Waals surface area contributed by atoms with Crippen LogP contribution in [0.5, 0.6) is 0 Å². The Morgan fingerprint density at radius 3 is 1.86 bits per heavy atom. The molecule has 0 saturated carbocycles. The molecule has 0 aliphatic carbocycles. The van der Waals surface area contributed by atoms with Crippen LogP contribution < -0.4 is 5.32 Å². The monoisotopic (exact) mass is 313 g/mol. The first-order valence-electron chi connectivity index (χ1n) is 7.63. The van der Waals surface area contributed by atoms with E-state index in [2.05, 4.69) is 11.9 Å². The quantitative estimate of drug-likeness (QED) is 0.578. The Kier molecular flexibility index (Phi) is 7.81. The first-order valence-corrected chi connectivity index (χ1v) is 7.63. The third-order valence-corrected chi connectivity index (χ3v) is 2.75. The van der Waals surface area contributed by atoms with E-state index in [9.17, 15) is 9.59 Å². The summed E-state index contributed by atoms with van der Waals surface area (Å²) in [6.07, 6.45) is 2.43. The lowest BCUT2D eigenvalue weighted by atomic mass is 9.96. The highest BCUT2D eigenvalue weighted by Gasteiger charge is 2.31. The van der Waals surface area contributed by atoms with Gasteiger partial charge >= 0.3 is 11.9 Å². The molecule has 1 unspecified atom stereocenters. The van der Waals surface area contributed by atoms with Gasteiger partial charge in [0.2, 0.25) is 0 Å². The van der Waals surface area contributed by atoms with E-state index in [-0.39, 0.29) is 11.9 Å². The SMILES string of the molecule is C=CCC(C[C@H](NC)C(=O)OC(C)(C)C)C(=O)OC(C)(C)C. The number of esters is 2. The van der Waals surface area contributed by atoms with Crippen LogP contribution in [0.15, 0.2) is 12.7 Å². The third-order valence-electron chi connectivity index (χ3n) is 2.75. The average Bonchev–Trinajstić information content (AvgIpc) is 2.29. The van der Waals surface area contributed by atoms with Crippen LogP contribution in [0, 0.1) is 5.92 Å². The van der Waals surface area contributed by atoms with Crippen molar-refractivity contribution in [2.75, 3.05) is 7.05 Å². The van der Waals surface area contributed by atoms with Gasteiger partial charge in [-0.05, 0) is 61.4 Å². The maximum absolute atomic E-state index is 12.3. The Morgan fingerprint density at radius 2 is 1.50 bits per heavy atom. The lowest BCUT2D eigenvalue weighted by molar-refractivity contribution is -0.162. The van der Waals surface area contributed by atoms with Crippen molar-refractivity contribution in [3.8, 4) is 0 Å². The van der Waals surface area contributed by atoms with Crippen molar-refractivity contribution in [1.82, 2.24) is 5.32 Å². The van der Waals surface area contributed by atoms with E-state index in [1.54, 1.807) is 13.1 Å². The number of rotatable bonds is 7. The molecule has 0 spiro atoms. The summed E-state index contributed by atoms with van der Waals surface area (Å²) in [5.41, 5.74) is -1.12. The molecule has 0 rings (SSSR count). The van der Waals surface area contributed by atoms with Crippen molar-refractivity contribution in [3.05, 3.63) is 12.7 Å². The molecule has 5 nitrogen and oxygen atoms in total. The molecule has 0 amide bonds. The van der Waals surface area contributed by atoms with Crippen LogP contribution >= 0.6 is 0 Å². The lowest BCUT2D eigenvalue weighted by Gasteiger charge is -2.27. The highest BCUT2D eigenvalue weighted by molar-refractivity contribution is 5.78. The van der Waals surface area contributed by atoms with E-state index >= 15 is 0 Å². The zero-order chi connectivity index (χ0) is 17.6. The van der Waals surface area contributed by atoms with Gasteiger partial charge < -0.3 is 14.8 Å². The summed E-state index contributed by atoms with van der Waals surface area (Å²) in [6, 6.07) is -0.559. The molecule has 5 heteroatoms. The molecule has 0 heterocycles. The molecule has 0 aliphatic rings. The lowest BCUT2D eigenvalue weighted by Crippen LogP contribution is -2.42. The van der Waals surface area contributed by atoms with Crippen molar-refractivity contribution in [2.24, 2.45) is 5.92 Å². The van der Waals surface area contributed by atoms with Gasteiger partial charge in [0.25, 0.3) is 0 Å². The number of likely N-dealkylation sites (N-methyl/N-ethyl adjacent to an activating group) is 1. The fourth-order valence-electron chi connectivity index (χ4n) is 1.86. The van der Waals surface area contributed by atoms with E-state index < -0.39 is 23.2 Å². The van der Waals surface area contributed by atoms with Gasteiger partial charge in [-0.2, -0.15) is 0 Å². The summed E-state index contributed by atoms with van der Waals surface area (Å²) in [5.74, 6) is -1.12. The molecule has 0 aromatic carbocycles. The normalized spacial score (nSPS) is 14.9. The second kappa shape index (κ2) is 8.32. The Hall–Kier alpha value is -1.36. The predicted molar refractivity (Wildman–Crippen MR) is 87.5 cm³/mol. The van der Waals surface area contributed by atoms with Gasteiger partial charge in [0, 0.05) is 0 Å². The Bertz CT molecular complexity index is 390. The van der Waals surface area contributed by atoms with E-state index in [0.29, 0.717) is 12.8 Å². The summed E-state index contributed by atoms with van der Waals surface area (Å²) in [5, 5.41) is 2.91. The smallest absolute Gasteiger partial charge is 0.323 e. The van der Waals surface area contributed by atoms with Gasteiger partial charge in [-0.1, -0.05) is 6.08 Å². The van der Waals surface area contributed by atoms with Crippen LogP contribution in [0.4, 0.5) is 0 Å². The fraction of sp³-hybridized carbons (Fsp3) is 0.765. The molecule has 1 N–H and O–H groups in total. The molecule has 0 bridgehead atoms. The summed E-state index contributed by atoms with van der Waals surface area (Å²) < 4.78 is 10.8. The van der Waals surface area contributed by atoms with Crippen molar-refractivity contribution in [2.45, 2.75) is 71.6 Å². The van der Waals surface area contributed by atoms with Crippen LogP contribution in [-0.4, -0.2) is 36.2 Å². The fourth-order valence-corrected chi connectivity index (χ4v) is 1.86. The van der Waals surface area contributed by atoms with Crippen molar-refractivity contribution < 1.29 is 19.1 Å². The number of allylic oxidation sites excluding steroid dienone is 1. The third kappa shape index (κ3) is 8.82. The zero-order valence-corrected chi connectivity index (χ0v) is 15.0. The standard InChI is InChI=1S/C17H31NO4/c1-9-10-12(14(19)21-16(2,3)4)11-13(18-8)15(20)22-17(5,6)7/h9,12-13,18H,1,10-11H2,2-8H3/t12?,13-/m0/s1. The number of hydrogen-bond donors (Lipinski definition) is 1. The van der Waals surface area contributed by atoms with Gasteiger partial charge in [-0.25, -0.2) is 0 Å². The first-order chi connectivity index (χ1) is 9.89. The van der Waals surface area contributed by atoms with E-state index in [1.165, 1.54) is 0 Å². The van der Waals surface area contributed by atoms with Crippen molar-refractivity contribution in [3.63, 3.8) is 0 Å². The molecular formula is C17H31NO4. The largest absolute Gasteiger partial charge is 0.460 e. The van der Waals surface area contributed by atoms with Crippen molar-refractivity contribution >= 4 is 11.9 Å². The number of carbonyl (C=O) groups is 2. The van der Waals surface area contributed by atoms with Gasteiger partial charge in [-0.15, -0.1) is 6.58 Å². The van der Waals surface area contributed by atoms with E-state index in [1.807, 2.05) is 41.5 Å². The van der Waals surface area contributed by atoms with Gasteiger partial charge in [0.1, 0.15) is 17.2 Å². The second-order valence-corrected chi connectivity index (χ2v) is 7.37. The highest BCUT2D eigenvalue weighted by atomic mass is 16.6. The minimum atomic E-state index is -0.563. The molecule has 0 aliphatic heterocycles. The molecule has 0 saturated heterocycles. The maximum atomic E-state index is 12.3. The van der Waals surface area contributed by atoms with Crippen molar-refractivity contribution in [1.29, 1.82) is 0 Å². The summed E-state index contributed by atoms with van der Waals surface area (Å²) in [4.78, 5) is 24.4. The molecule has 128 valence electrons. The zero-order valence-electron chi connectivity index (χ0n) is 15.0. The molecule has 0 fully saturated rings.